The number of carbonyl (C=O) groups is 1. The van der Waals surface area contributed by atoms with Crippen LogP contribution in [0.1, 0.15) is 50.5 Å². The lowest BCUT2D eigenvalue weighted by molar-refractivity contribution is -0.0247. The second-order valence-electron chi connectivity index (χ2n) is 6.87. The summed E-state index contributed by atoms with van der Waals surface area (Å²) in [5.74, 6) is 0.319. The van der Waals surface area contributed by atoms with Crippen molar-refractivity contribution in [3.05, 3.63) is 29.0 Å². The Morgan fingerprint density at radius 3 is 2.65 bits per heavy atom. The molecule has 0 N–H and O–H groups in total. The molecule has 0 amide bonds. The molecular formula is C16H20ClNO2. The summed E-state index contributed by atoms with van der Waals surface area (Å²) < 4.78 is 5.77. The van der Waals surface area contributed by atoms with E-state index in [0.29, 0.717) is 16.6 Å². The van der Waals surface area contributed by atoms with E-state index in [2.05, 4.69) is 25.8 Å². The topological polar surface area (TPSA) is 39.2 Å². The van der Waals surface area contributed by atoms with Crippen LogP contribution in [0.3, 0.4) is 0 Å². The summed E-state index contributed by atoms with van der Waals surface area (Å²) in [6.45, 7) is 6.87. The molecule has 3 unspecified atom stereocenters. The average molecular weight is 294 g/mol. The molecule has 2 fully saturated rings. The van der Waals surface area contributed by atoms with Crippen LogP contribution in [0.15, 0.2) is 18.3 Å². The van der Waals surface area contributed by atoms with Crippen molar-refractivity contribution in [3.63, 3.8) is 0 Å². The minimum atomic E-state index is -0.337. The molecule has 3 rings (SSSR count). The van der Waals surface area contributed by atoms with Gasteiger partial charge >= 0.3 is 5.97 Å². The summed E-state index contributed by atoms with van der Waals surface area (Å²) >= 11 is 5.78. The maximum atomic E-state index is 12.2. The van der Waals surface area contributed by atoms with Crippen LogP contribution in [0.2, 0.25) is 5.02 Å². The lowest BCUT2D eigenvalue weighted by atomic mass is 9.70. The Bertz CT molecular complexity index is 540. The minimum absolute atomic E-state index is 0.00114. The number of fused-ring (bicyclic) bond motifs is 2. The molecule has 2 bridgehead atoms. The quantitative estimate of drug-likeness (QED) is 0.770. The van der Waals surface area contributed by atoms with Gasteiger partial charge in [-0.3, -0.25) is 0 Å². The summed E-state index contributed by atoms with van der Waals surface area (Å²) in [6.07, 6.45) is 4.84. The normalized spacial score (nSPS) is 34.2. The number of hydrogen-bond acceptors (Lipinski definition) is 3. The lowest BCUT2D eigenvalue weighted by Crippen LogP contribution is -2.38. The van der Waals surface area contributed by atoms with Crippen LogP contribution in [0, 0.1) is 16.7 Å². The molecule has 2 saturated carbocycles. The van der Waals surface area contributed by atoms with Crippen LogP contribution in [0.5, 0.6) is 0 Å². The molecule has 4 heteroatoms. The summed E-state index contributed by atoms with van der Waals surface area (Å²) in [6, 6.07) is 3.28. The first-order valence-corrected chi connectivity index (χ1v) is 7.55. The van der Waals surface area contributed by atoms with Gasteiger partial charge < -0.3 is 4.74 Å². The van der Waals surface area contributed by atoms with Crippen molar-refractivity contribution in [2.45, 2.75) is 46.1 Å². The first-order valence-electron chi connectivity index (χ1n) is 7.17. The predicted molar refractivity (Wildman–Crippen MR) is 77.7 cm³/mol. The Balaban J connectivity index is 1.76. The summed E-state index contributed by atoms with van der Waals surface area (Å²) in [5.41, 5.74) is 0.657. The smallest absolute Gasteiger partial charge is 0.357 e. The van der Waals surface area contributed by atoms with Crippen molar-refractivity contribution in [2.24, 2.45) is 16.7 Å². The van der Waals surface area contributed by atoms with Gasteiger partial charge in [0.2, 0.25) is 0 Å². The van der Waals surface area contributed by atoms with Crippen LogP contribution in [0.25, 0.3) is 0 Å². The molecule has 3 atom stereocenters. The first kappa shape index (κ1) is 13.9. The molecule has 0 spiro atoms. The number of ether oxygens (including phenoxy) is 1. The zero-order valence-corrected chi connectivity index (χ0v) is 12.9. The summed E-state index contributed by atoms with van der Waals surface area (Å²) in [5, 5.41) is 0.523. The molecule has 1 aromatic heterocycles. The van der Waals surface area contributed by atoms with E-state index >= 15 is 0 Å². The van der Waals surface area contributed by atoms with Gasteiger partial charge in [0, 0.05) is 11.6 Å². The Kier molecular flexibility index (Phi) is 3.09. The number of carbonyl (C=O) groups excluding carboxylic acids is 1. The van der Waals surface area contributed by atoms with Crippen LogP contribution in [0.4, 0.5) is 0 Å². The molecule has 20 heavy (non-hydrogen) atoms. The predicted octanol–water partition coefficient (Wildman–Crippen LogP) is 4.11. The van der Waals surface area contributed by atoms with E-state index in [1.54, 1.807) is 12.1 Å². The number of hydrogen-bond donors (Lipinski definition) is 0. The molecule has 0 radical (unpaired) electrons. The molecule has 108 valence electrons. The van der Waals surface area contributed by atoms with Gasteiger partial charge in [-0.1, -0.05) is 32.4 Å². The number of pyridine rings is 1. The van der Waals surface area contributed by atoms with E-state index in [-0.39, 0.29) is 22.9 Å². The van der Waals surface area contributed by atoms with E-state index in [1.807, 2.05) is 0 Å². The SMILES string of the molecule is CC1(C)C2CCC1(C)C(OC(=O)c1ccc(Cl)cn1)C2. The molecule has 2 aliphatic rings. The van der Waals surface area contributed by atoms with Crippen LogP contribution in [-0.2, 0) is 4.74 Å². The number of halogens is 1. The number of nitrogens with zero attached hydrogens (tertiary/aromatic N) is 1. The third-order valence-corrected chi connectivity index (χ3v) is 6.12. The average Bonchev–Trinajstić information content (AvgIpc) is 2.72. The van der Waals surface area contributed by atoms with Gasteiger partial charge in [-0.05, 0) is 42.7 Å². The molecule has 3 nitrogen and oxygen atoms in total. The standard InChI is InChI=1S/C16H20ClNO2/c1-15(2)10-6-7-16(15,3)13(8-10)20-14(19)12-5-4-11(17)9-18-12/h4-5,9-10,13H,6-8H2,1-3H3. The zero-order valence-electron chi connectivity index (χ0n) is 12.1. The van der Waals surface area contributed by atoms with E-state index in [1.165, 1.54) is 12.6 Å². The molecule has 0 aliphatic heterocycles. The van der Waals surface area contributed by atoms with Crippen molar-refractivity contribution in [1.29, 1.82) is 0 Å². The highest BCUT2D eigenvalue weighted by Gasteiger charge is 2.62. The number of rotatable bonds is 2. The Morgan fingerprint density at radius 2 is 2.15 bits per heavy atom. The van der Waals surface area contributed by atoms with Gasteiger partial charge in [-0.25, -0.2) is 9.78 Å². The van der Waals surface area contributed by atoms with E-state index in [9.17, 15) is 4.79 Å². The van der Waals surface area contributed by atoms with Gasteiger partial charge in [-0.15, -0.1) is 0 Å². The molecule has 1 heterocycles. The van der Waals surface area contributed by atoms with Crippen LogP contribution >= 0.6 is 11.6 Å². The van der Waals surface area contributed by atoms with Gasteiger partial charge in [-0.2, -0.15) is 0 Å². The van der Waals surface area contributed by atoms with E-state index in [4.69, 9.17) is 16.3 Å². The fourth-order valence-electron chi connectivity index (χ4n) is 3.99. The number of aromatic nitrogens is 1. The molecular weight excluding hydrogens is 274 g/mol. The van der Waals surface area contributed by atoms with Crippen molar-refractivity contribution in [3.8, 4) is 0 Å². The van der Waals surface area contributed by atoms with Gasteiger partial charge in [0.05, 0.1) is 5.02 Å². The Labute approximate surface area is 124 Å². The monoisotopic (exact) mass is 293 g/mol. The number of esters is 1. The van der Waals surface area contributed by atoms with Crippen molar-refractivity contribution >= 4 is 17.6 Å². The van der Waals surface area contributed by atoms with Gasteiger partial charge in [0.15, 0.2) is 0 Å². The van der Waals surface area contributed by atoms with Crippen LogP contribution < -0.4 is 0 Å². The molecule has 2 aliphatic carbocycles. The highest BCUT2D eigenvalue weighted by Crippen LogP contribution is 2.66. The van der Waals surface area contributed by atoms with Crippen LogP contribution in [-0.4, -0.2) is 17.1 Å². The van der Waals surface area contributed by atoms with Crippen molar-refractivity contribution < 1.29 is 9.53 Å². The fraction of sp³-hybridized carbons (Fsp3) is 0.625. The Morgan fingerprint density at radius 1 is 1.40 bits per heavy atom. The second kappa shape index (κ2) is 4.45. The molecule has 1 aromatic rings. The molecule has 0 aromatic carbocycles. The third-order valence-electron chi connectivity index (χ3n) is 5.90. The zero-order chi connectivity index (χ0) is 14.5. The summed E-state index contributed by atoms with van der Waals surface area (Å²) in [4.78, 5) is 16.2. The fourth-order valence-corrected chi connectivity index (χ4v) is 4.11. The van der Waals surface area contributed by atoms with E-state index in [0.717, 1.165) is 12.8 Å². The lowest BCUT2D eigenvalue weighted by Gasteiger charge is -2.38. The maximum Gasteiger partial charge on any atom is 0.357 e. The Hall–Kier alpha value is -1.09. The maximum absolute atomic E-state index is 12.2. The second-order valence-corrected chi connectivity index (χ2v) is 7.30. The van der Waals surface area contributed by atoms with Crippen molar-refractivity contribution in [1.82, 2.24) is 4.98 Å². The van der Waals surface area contributed by atoms with Gasteiger partial charge in [0.1, 0.15) is 11.8 Å². The van der Waals surface area contributed by atoms with Gasteiger partial charge in [0.25, 0.3) is 0 Å². The summed E-state index contributed by atoms with van der Waals surface area (Å²) in [7, 11) is 0. The highest BCUT2D eigenvalue weighted by atomic mass is 35.5. The largest absolute Gasteiger partial charge is 0.457 e. The third kappa shape index (κ3) is 1.86. The first-order chi connectivity index (χ1) is 9.34. The van der Waals surface area contributed by atoms with Crippen molar-refractivity contribution in [2.75, 3.05) is 0 Å². The highest BCUT2D eigenvalue weighted by molar-refractivity contribution is 6.30. The minimum Gasteiger partial charge on any atom is -0.457 e. The molecule has 0 saturated heterocycles. The van der Waals surface area contributed by atoms with E-state index < -0.39 is 0 Å².